The molecule has 5 heteroatoms. The van der Waals surface area contributed by atoms with Gasteiger partial charge in [0.25, 0.3) is 0 Å². The summed E-state index contributed by atoms with van der Waals surface area (Å²) in [6.07, 6.45) is 9.63. The van der Waals surface area contributed by atoms with E-state index in [0.29, 0.717) is 12.6 Å². The van der Waals surface area contributed by atoms with E-state index >= 15 is 0 Å². The SMILES string of the molecule is CC(C)N(CC(=O)N(Cc1cccn1C)C1CC1)C(=O)C1CCCCC1. The molecule has 5 nitrogen and oxygen atoms in total. The van der Waals surface area contributed by atoms with Crippen LogP contribution >= 0.6 is 0 Å². The van der Waals surface area contributed by atoms with Crippen molar-refractivity contribution in [2.45, 2.75) is 77.4 Å². The van der Waals surface area contributed by atoms with Crippen LogP contribution in [0.3, 0.4) is 0 Å². The van der Waals surface area contributed by atoms with E-state index in [-0.39, 0.29) is 30.3 Å². The van der Waals surface area contributed by atoms with Gasteiger partial charge >= 0.3 is 0 Å². The summed E-state index contributed by atoms with van der Waals surface area (Å²) in [7, 11) is 2.01. The summed E-state index contributed by atoms with van der Waals surface area (Å²) in [6.45, 7) is 4.89. The third-order valence-corrected chi connectivity index (χ3v) is 5.86. The Labute approximate surface area is 157 Å². The summed E-state index contributed by atoms with van der Waals surface area (Å²) in [5, 5.41) is 0. The standard InChI is InChI=1S/C21H33N3O2/c1-16(2)23(21(26)17-8-5-4-6-9-17)15-20(25)24(18-11-12-18)14-19-10-7-13-22(19)3/h7,10,13,16-18H,4-6,8-9,11-12,14-15H2,1-3H3. The van der Waals surface area contributed by atoms with Crippen molar-refractivity contribution in [3.05, 3.63) is 24.0 Å². The minimum absolute atomic E-state index is 0.0597. The fourth-order valence-electron chi connectivity index (χ4n) is 3.98. The molecular weight excluding hydrogens is 326 g/mol. The van der Waals surface area contributed by atoms with E-state index in [1.807, 2.05) is 43.0 Å². The van der Waals surface area contributed by atoms with Gasteiger partial charge in [0.2, 0.25) is 11.8 Å². The monoisotopic (exact) mass is 359 g/mol. The summed E-state index contributed by atoms with van der Waals surface area (Å²) in [5.41, 5.74) is 1.14. The zero-order valence-electron chi connectivity index (χ0n) is 16.5. The molecule has 0 atom stereocenters. The van der Waals surface area contributed by atoms with Gasteiger partial charge in [-0.25, -0.2) is 0 Å². The van der Waals surface area contributed by atoms with Crippen molar-refractivity contribution >= 4 is 11.8 Å². The summed E-state index contributed by atoms with van der Waals surface area (Å²) < 4.78 is 2.07. The Balaban J connectivity index is 1.67. The van der Waals surface area contributed by atoms with Crippen LogP contribution in [0.2, 0.25) is 0 Å². The number of aromatic nitrogens is 1. The Morgan fingerprint density at radius 2 is 1.85 bits per heavy atom. The first-order chi connectivity index (χ1) is 12.5. The third-order valence-electron chi connectivity index (χ3n) is 5.86. The molecule has 0 radical (unpaired) electrons. The van der Waals surface area contributed by atoms with Crippen LogP contribution in [0.1, 0.15) is 64.5 Å². The van der Waals surface area contributed by atoms with Crippen LogP contribution in [-0.4, -0.2) is 44.8 Å². The average molecular weight is 360 g/mol. The molecule has 26 heavy (non-hydrogen) atoms. The fourth-order valence-corrected chi connectivity index (χ4v) is 3.98. The predicted molar refractivity (Wildman–Crippen MR) is 102 cm³/mol. The van der Waals surface area contributed by atoms with Crippen molar-refractivity contribution in [2.75, 3.05) is 6.54 Å². The van der Waals surface area contributed by atoms with Crippen LogP contribution in [0, 0.1) is 5.92 Å². The molecule has 1 aromatic heterocycles. The van der Waals surface area contributed by atoms with Crippen molar-refractivity contribution in [3.63, 3.8) is 0 Å². The number of hydrogen-bond donors (Lipinski definition) is 0. The van der Waals surface area contributed by atoms with Crippen molar-refractivity contribution < 1.29 is 9.59 Å². The van der Waals surface area contributed by atoms with Gasteiger partial charge in [0.05, 0.1) is 6.54 Å². The number of rotatable bonds is 7. The molecule has 0 bridgehead atoms. The fraction of sp³-hybridized carbons (Fsp3) is 0.714. The van der Waals surface area contributed by atoms with E-state index in [9.17, 15) is 9.59 Å². The Kier molecular flexibility index (Phi) is 6.05. The topological polar surface area (TPSA) is 45.6 Å². The summed E-state index contributed by atoms with van der Waals surface area (Å²) >= 11 is 0. The molecule has 2 aliphatic rings. The van der Waals surface area contributed by atoms with Gasteiger partial charge in [-0.3, -0.25) is 9.59 Å². The van der Waals surface area contributed by atoms with Gasteiger partial charge in [0.15, 0.2) is 0 Å². The Bertz CT molecular complexity index is 627. The molecule has 0 saturated heterocycles. The van der Waals surface area contributed by atoms with Crippen LogP contribution in [0.4, 0.5) is 0 Å². The van der Waals surface area contributed by atoms with E-state index in [2.05, 4.69) is 10.6 Å². The maximum absolute atomic E-state index is 13.1. The summed E-state index contributed by atoms with van der Waals surface area (Å²) in [6, 6.07) is 4.48. The van der Waals surface area contributed by atoms with Gasteiger partial charge in [-0.2, -0.15) is 0 Å². The van der Waals surface area contributed by atoms with Crippen molar-refractivity contribution in [1.29, 1.82) is 0 Å². The molecule has 2 amide bonds. The van der Waals surface area contributed by atoms with Crippen LogP contribution < -0.4 is 0 Å². The van der Waals surface area contributed by atoms with E-state index in [1.165, 1.54) is 6.42 Å². The molecule has 0 N–H and O–H groups in total. The van der Waals surface area contributed by atoms with Gasteiger partial charge < -0.3 is 14.4 Å². The summed E-state index contributed by atoms with van der Waals surface area (Å²) in [4.78, 5) is 29.9. The highest BCUT2D eigenvalue weighted by Gasteiger charge is 2.35. The quantitative estimate of drug-likeness (QED) is 0.749. The van der Waals surface area contributed by atoms with E-state index in [1.54, 1.807) is 0 Å². The average Bonchev–Trinajstić information content (AvgIpc) is 3.39. The Morgan fingerprint density at radius 3 is 2.38 bits per heavy atom. The van der Waals surface area contributed by atoms with E-state index in [0.717, 1.165) is 44.2 Å². The molecular formula is C21H33N3O2. The highest BCUT2D eigenvalue weighted by atomic mass is 16.2. The molecule has 1 aromatic rings. The normalized spacial score (nSPS) is 18.2. The number of nitrogens with zero attached hydrogens (tertiary/aromatic N) is 3. The van der Waals surface area contributed by atoms with Crippen molar-refractivity contribution in [2.24, 2.45) is 13.0 Å². The minimum Gasteiger partial charge on any atom is -0.353 e. The lowest BCUT2D eigenvalue weighted by molar-refractivity contribution is -0.145. The lowest BCUT2D eigenvalue weighted by Gasteiger charge is -2.33. The van der Waals surface area contributed by atoms with Crippen molar-refractivity contribution in [3.8, 4) is 0 Å². The molecule has 144 valence electrons. The predicted octanol–water partition coefficient (Wildman–Crippen LogP) is 3.33. The highest BCUT2D eigenvalue weighted by molar-refractivity contribution is 5.86. The van der Waals surface area contributed by atoms with Gasteiger partial charge in [-0.15, -0.1) is 0 Å². The van der Waals surface area contributed by atoms with Gasteiger partial charge in [0, 0.05) is 36.9 Å². The smallest absolute Gasteiger partial charge is 0.242 e. The molecule has 2 saturated carbocycles. The van der Waals surface area contributed by atoms with E-state index in [4.69, 9.17) is 0 Å². The second-order valence-electron chi connectivity index (χ2n) is 8.26. The molecule has 1 heterocycles. The number of hydrogen-bond acceptors (Lipinski definition) is 2. The maximum atomic E-state index is 13.1. The summed E-state index contributed by atoms with van der Waals surface area (Å²) in [5.74, 6) is 0.385. The molecule has 0 aromatic carbocycles. The van der Waals surface area contributed by atoms with Gasteiger partial charge in [-0.05, 0) is 51.7 Å². The molecule has 2 aliphatic carbocycles. The zero-order valence-corrected chi connectivity index (χ0v) is 16.5. The lowest BCUT2D eigenvalue weighted by atomic mass is 9.88. The Morgan fingerprint density at radius 1 is 1.15 bits per heavy atom. The lowest BCUT2D eigenvalue weighted by Crippen LogP contribution is -2.48. The first kappa shape index (κ1) is 19.0. The second-order valence-corrected chi connectivity index (χ2v) is 8.26. The molecule has 0 spiro atoms. The molecule has 2 fully saturated rings. The van der Waals surface area contributed by atoms with Crippen molar-refractivity contribution in [1.82, 2.24) is 14.4 Å². The largest absolute Gasteiger partial charge is 0.353 e. The van der Waals surface area contributed by atoms with Gasteiger partial charge in [-0.1, -0.05) is 19.3 Å². The first-order valence-electron chi connectivity index (χ1n) is 10.2. The second kappa shape index (κ2) is 8.28. The van der Waals surface area contributed by atoms with Crippen LogP contribution in [0.5, 0.6) is 0 Å². The minimum atomic E-state index is 0.0597. The maximum Gasteiger partial charge on any atom is 0.242 e. The Hall–Kier alpha value is -1.78. The highest BCUT2D eigenvalue weighted by Crippen LogP contribution is 2.30. The molecule has 0 aliphatic heterocycles. The number of amides is 2. The van der Waals surface area contributed by atoms with Crippen LogP contribution in [0.15, 0.2) is 18.3 Å². The number of aryl methyl sites for hydroxylation is 1. The van der Waals surface area contributed by atoms with Crippen LogP contribution in [0.25, 0.3) is 0 Å². The third kappa shape index (κ3) is 4.49. The number of carbonyl (C=O) groups excluding carboxylic acids is 2. The first-order valence-corrected chi connectivity index (χ1v) is 10.2. The van der Waals surface area contributed by atoms with Gasteiger partial charge in [0.1, 0.15) is 6.54 Å². The molecule has 3 rings (SSSR count). The zero-order chi connectivity index (χ0) is 18.7. The molecule has 0 unspecified atom stereocenters. The van der Waals surface area contributed by atoms with Crippen LogP contribution in [-0.2, 0) is 23.2 Å². The number of carbonyl (C=O) groups is 2. The van der Waals surface area contributed by atoms with E-state index < -0.39 is 0 Å².